The van der Waals surface area contributed by atoms with E-state index in [9.17, 15) is 15.0 Å². The van der Waals surface area contributed by atoms with Gasteiger partial charge in [0.05, 0.1) is 12.6 Å². The first-order valence-corrected chi connectivity index (χ1v) is 10.6. The number of hydrogen-bond donors (Lipinski definition) is 3. The number of phenolic OH excluding ortho intramolecular Hbond substituents is 1. The Balaban J connectivity index is 1.60. The van der Waals surface area contributed by atoms with Crippen LogP contribution in [0, 0.1) is 6.92 Å². The molecule has 0 radical (unpaired) electrons. The maximum absolute atomic E-state index is 12.9. The average Bonchev–Trinajstić information content (AvgIpc) is 2.77. The van der Waals surface area contributed by atoms with Crippen LogP contribution in [0.4, 0.5) is 4.79 Å². The lowest BCUT2D eigenvalue weighted by Gasteiger charge is -2.26. The summed E-state index contributed by atoms with van der Waals surface area (Å²) in [7, 11) is 0. The van der Waals surface area contributed by atoms with Crippen LogP contribution in [-0.4, -0.2) is 34.2 Å². The van der Waals surface area contributed by atoms with Gasteiger partial charge in [0, 0.05) is 13.1 Å². The van der Waals surface area contributed by atoms with E-state index in [-0.39, 0.29) is 18.3 Å². The van der Waals surface area contributed by atoms with Crippen LogP contribution in [0.2, 0.25) is 0 Å². The number of nitrogens with one attached hydrogen (secondary N) is 1. The van der Waals surface area contributed by atoms with E-state index in [1.165, 1.54) is 0 Å². The molecule has 3 aromatic rings. The third-order valence-electron chi connectivity index (χ3n) is 5.15. The molecule has 162 valence electrons. The summed E-state index contributed by atoms with van der Waals surface area (Å²) in [6.07, 6.45) is 0.760. The number of rotatable bonds is 9. The average molecular weight is 419 g/mol. The second-order valence-electron chi connectivity index (χ2n) is 7.80. The minimum atomic E-state index is -0.762. The van der Waals surface area contributed by atoms with Crippen molar-refractivity contribution in [2.75, 3.05) is 13.1 Å². The molecule has 0 saturated carbocycles. The molecule has 0 aliphatic rings. The van der Waals surface area contributed by atoms with Crippen molar-refractivity contribution in [1.29, 1.82) is 0 Å². The molecule has 1 atom stereocenters. The van der Waals surface area contributed by atoms with Crippen LogP contribution in [0.1, 0.15) is 34.8 Å². The van der Waals surface area contributed by atoms with Crippen molar-refractivity contribution >= 4 is 6.03 Å². The Labute approximate surface area is 184 Å². The normalized spacial score (nSPS) is 11.7. The number of aliphatic hydroxyl groups excluding tert-OH is 1. The summed E-state index contributed by atoms with van der Waals surface area (Å²) in [6, 6.07) is 24.5. The Bertz CT molecular complexity index is 975. The molecule has 2 amide bonds. The van der Waals surface area contributed by atoms with Crippen LogP contribution in [0.15, 0.2) is 78.9 Å². The molecule has 0 aliphatic heterocycles. The first-order valence-electron chi connectivity index (χ1n) is 10.6. The number of aromatic hydroxyl groups is 1. The monoisotopic (exact) mass is 418 g/mol. The van der Waals surface area contributed by atoms with Gasteiger partial charge in [-0.2, -0.15) is 0 Å². The van der Waals surface area contributed by atoms with E-state index in [1.807, 2.05) is 73.7 Å². The lowest BCUT2D eigenvalue weighted by atomic mass is 10.1. The number of phenols is 1. The van der Waals surface area contributed by atoms with Crippen molar-refractivity contribution < 1.29 is 15.0 Å². The smallest absolute Gasteiger partial charge is 0.317 e. The van der Waals surface area contributed by atoms with Crippen LogP contribution >= 0.6 is 0 Å². The van der Waals surface area contributed by atoms with Crippen LogP contribution in [0.25, 0.3) is 0 Å². The SMILES string of the molecule is Cc1cccc(C(O)CN(Cc2ccccc2)C(=O)NCCCc2cccc(O)c2)c1. The van der Waals surface area contributed by atoms with Crippen molar-refractivity contribution in [3.8, 4) is 5.75 Å². The molecule has 3 aromatic carbocycles. The number of carbonyl (C=O) groups is 1. The molecule has 0 aliphatic carbocycles. The highest BCUT2D eigenvalue weighted by Gasteiger charge is 2.19. The van der Waals surface area contributed by atoms with Crippen molar-refractivity contribution in [1.82, 2.24) is 10.2 Å². The number of benzene rings is 3. The first kappa shape index (κ1) is 22.4. The van der Waals surface area contributed by atoms with Crippen molar-refractivity contribution in [2.45, 2.75) is 32.4 Å². The van der Waals surface area contributed by atoms with Crippen molar-refractivity contribution in [2.24, 2.45) is 0 Å². The summed E-state index contributed by atoms with van der Waals surface area (Å²) in [5, 5.41) is 23.3. The molecule has 1 unspecified atom stereocenters. The molecule has 0 heterocycles. The van der Waals surface area contributed by atoms with Crippen molar-refractivity contribution in [3.05, 3.63) is 101 Å². The molecular weight excluding hydrogens is 388 g/mol. The van der Waals surface area contributed by atoms with Crippen LogP contribution in [-0.2, 0) is 13.0 Å². The number of urea groups is 1. The lowest BCUT2D eigenvalue weighted by molar-refractivity contribution is 0.118. The molecule has 5 heteroatoms. The van der Waals surface area contributed by atoms with Gasteiger partial charge in [-0.1, -0.05) is 72.3 Å². The highest BCUT2D eigenvalue weighted by Crippen LogP contribution is 2.17. The van der Waals surface area contributed by atoms with E-state index >= 15 is 0 Å². The summed E-state index contributed by atoms with van der Waals surface area (Å²) in [5.74, 6) is 0.251. The highest BCUT2D eigenvalue weighted by molar-refractivity contribution is 5.74. The van der Waals surface area contributed by atoms with Crippen LogP contribution in [0.5, 0.6) is 5.75 Å². The maximum atomic E-state index is 12.9. The van der Waals surface area contributed by atoms with Gasteiger partial charge < -0.3 is 20.4 Å². The third-order valence-corrected chi connectivity index (χ3v) is 5.15. The van der Waals surface area contributed by atoms with E-state index in [4.69, 9.17) is 0 Å². The van der Waals surface area contributed by atoms with Gasteiger partial charge >= 0.3 is 6.03 Å². The molecular formula is C26H30N2O3. The molecule has 0 saturated heterocycles. The van der Waals surface area contributed by atoms with Crippen LogP contribution < -0.4 is 5.32 Å². The van der Waals surface area contributed by atoms with Gasteiger partial charge in [0.1, 0.15) is 5.75 Å². The zero-order valence-electron chi connectivity index (χ0n) is 17.9. The first-order chi connectivity index (χ1) is 15.0. The fourth-order valence-corrected chi connectivity index (χ4v) is 3.53. The molecule has 31 heavy (non-hydrogen) atoms. The van der Waals surface area contributed by atoms with E-state index in [2.05, 4.69) is 5.32 Å². The quantitative estimate of drug-likeness (QED) is 0.446. The van der Waals surface area contributed by atoms with Crippen molar-refractivity contribution in [3.63, 3.8) is 0 Å². The number of aliphatic hydroxyl groups is 1. The maximum Gasteiger partial charge on any atom is 0.317 e. The van der Waals surface area contributed by atoms with Gasteiger partial charge in [-0.15, -0.1) is 0 Å². The Hall–Kier alpha value is -3.31. The van der Waals surface area contributed by atoms with Gasteiger partial charge in [0.25, 0.3) is 0 Å². The fourth-order valence-electron chi connectivity index (χ4n) is 3.53. The third kappa shape index (κ3) is 7.15. The molecule has 0 aromatic heterocycles. The largest absolute Gasteiger partial charge is 0.508 e. The molecule has 3 N–H and O–H groups in total. The predicted molar refractivity (Wildman–Crippen MR) is 123 cm³/mol. The summed E-state index contributed by atoms with van der Waals surface area (Å²) >= 11 is 0. The molecule has 5 nitrogen and oxygen atoms in total. The zero-order valence-corrected chi connectivity index (χ0v) is 17.9. The molecule has 0 spiro atoms. The summed E-state index contributed by atoms with van der Waals surface area (Å²) in [5.41, 5.74) is 3.91. The predicted octanol–water partition coefficient (Wildman–Crippen LogP) is 4.58. The molecule has 0 bridgehead atoms. The number of amides is 2. The minimum absolute atomic E-state index is 0.202. The lowest BCUT2D eigenvalue weighted by Crippen LogP contribution is -2.42. The van der Waals surface area contributed by atoms with E-state index in [0.717, 1.165) is 35.1 Å². The fraction of sp³-hybridized carbons (Fsp3) is 0.269. The minimum Gasteiger partial charge on any atom is -0.508 e. The highest BCUT2D eigenvalue weighted by atomic mass is 16.3. The summed E-state index contributed by atoms with van der Waals surface area (Å²) in [6.45, 7) is 3.12. The van der Waals surface area contributed by atoms with Gasteiger partial charge in [-0.3, -0.25) is 0 Å². The molecule has 0 fully saturated rings. The van der Waals surface area contributed by atoms with E-state index in [0.29, 0.717) is 13.1 Å². The summed E-state index contributed by atoms with van der Waals surface area (Å²) in [4.78, 5) is 14.6. The summed E-state index contributed by atoms with van der Waals surface area (Å²) < 4.78 is 0. The standard InChI is InChI=1S/C26H30N2O3/c1-20-8-5-13-23(16-20)25(30)19-28(18-22-9-3-2-4-10-22)26(31)27-15-7-12-21-11-6-14-24(29)17-21/h2-6,8-11,13-14,16-17,25,29-30H,7,12,15,18-19H2,1H3,(H,27,31). The van der Waals surface area contributed by atoms with Gasteiger partial charge in [0.2, 0.25) is 0 Å². The topological polar surface area (TPSA) is 72.8 Å². The van der Waals surface area contributed by atoms with Gasteiger partial charge in [0.15, 0.2) is 0 Å². The number of hydrogen-bond acceptors (Lipinski definition) is 3. The van der Waals surface area contributed by atoms with E-state index in [1.54, 1.807) is 17.0 Å². The Morgan fingerprint density at radius 3 is 2.45 bits per heavy atom. The number of nitrogens with zero attached hydrogens (tertiary/aromatic N) is 1. The molecule has 3 rings (SSSR count). The Morgan fingerprint density at radius 1 is 0.968 bits per heavy atom. The second kappa shape index (κ2) is 11.2. The number of carbonyl (C=O) groups excluding carboxylic acids is 1. The van der Waals surface area contributed by atoms with E-state index < -0.39 is 6.10 Å². The van der Waals surface area contributed by atoms with Crippen LogP contribution in [0.3, 0.4) is 0 Å². The van der Waals surface area contributed by atoms with Gasteiger partial charge in [-0.05, 0) is 48.6 Å². The second-order valence-corrected chi connectivity index (χ2v) is 7.80. The zero-order chi connectivity index (χ0) is 22.1. The Morgan fingerprint density at radius 2 is 1.71 bits per heavy atom. The number of aryl methyl sites for hydroxylation is 2. The van der Waals surface area contributed by atoms with Gasteiger partial charge in [-0.25, -0.2) is 4.79 Å². The Kier molecular flexibility index (Phi) is 8.07.